The molecule has 3 nitrogen and oxygen atoms in total. The quantitative estimate of drug-likeness (QED) is 0.755. The van der Waals surface area contributed by atoms with E-state index in [9.17, 15) is 4.79 Å². The van der Waals surface area contributed by atoms with Gasteiger partial charge in [-0.05, 0) is 19.1 Å². The summed E-state index contributed by atoms with van der Waals surface area (Å²) >= 11 is 1.33. The number of nitrogens with zero attached hydrogens (tertiary/aromatic N) is 1. The van der Waals surface area contributed by atoms with E-state index in [1.807, 2.05) is 6.92 Å². The van der Waals surface area contributed by atoms with Crippen LogP contribution in [0, 0.1) is 0 Å². The molecule has 1 heterocycles. The molecular formula is C8H12N2OS. The van der Waals surface area contributed by atoms with Crippen molar-refractivity contribution in [2.75, 3.05) is 19.3 Å². The molecule has 0 aromatic carbocycles. The number of carbonyl (C=O) groups is 1. The van der Waals surface area contributed by atoms with E-state index in [4.69, 9.17) is 5.73 Å². The van der Waals surface area contributed by atoms with Gasteiger partial charge < -0.3 is 10.6 Å². The van der Waals surface area contributed by atoms with Gasteiger partial charge in [0.05, 0.1) is 9.88 Å². The van der Waals surface area contributed by atoms with Gasteiger partial charge in [-0.25, -0.2) is 0 Å². The van der Waals surface area contributed by atoms with Crippen LogP contribution in [0.3, 0.4) is 0 Å². The van der Waals surface area contributed by atoms with E-state index >= 15 is 0 Å². The minimum absolute atomic E-state index is 0.0409. The largest absolute Gasteiger partial charge is 0.391 e. The molecule has 0 atom stereocenters. The molecule has 0 saturated heterocycles. The van der Waals surface area contributed by atoms with Gasteiger partial charge in [0, 0.05) is 13.6 Å². The molecule has 0 fully saturated rings. The lowest BCUT2D eigenvalue weighted by Gasteiger charge is -2.12. The third kappa shape index (κ3) is 1.76. The van der Waals surface area contributed by atoms with Crippen molar-refractivity contribution < 1.29 is 4.79 Å². The van der Waals surface area contributed by atoms with E-state index in [1.165, 1.54) is 11.3 Å². The Bertz CT molecular complexity index is 282. The molecule has 1 aromatic heterocycles. The highest BCUT2D eigenvalue weighted by molar-refractivity contribution is 7.17. The first-order valence-corrected chi connectivity index (χ1v) is 4.57. The van der Waals surface area contributed by atoms with Crippen LogP contribution >= 0.6 is 11.3 Å². The second kappa shape index (κ2) is 3.58. The summed E-state index contributed by atoms with van der Waals surface area (Å²) in [4.78, 5) is 13.8. The van der Waals surface area contributed by atoms with Crippen molar-refractivity contribution in [3.8, 4) is 0 Å². The summed E-state index contributed by atoms with van der Waals surface area (Å²) in [7, 11) is 1.78. The van der Waals surface area contributed by atoms with Crippen LogP contribution in [-0.2, 0) is 0 Å². The number of amides is 1. The van der Waals surface area contributed by atoms with Gasteiger partial charge in [0.1, 0.15) is 0 Å². The normalized spacial score (nSPS) is 9.83. The number of hydrogen-bond donors (Lipinski definition) is 1. The highest BCUT2D eigenvalue weighted by atomic mass is 32.1. The highest BCUT2D eigenvalue weighted by Gasteiger charge is 2.11. The molecule has 1 amide bonds. The molecule has 66 valence electrons. The maximum absolute atomic E-state index is 11.5. The SMILES string of the molecule is CCN(C)C(=O)c1ccc(N)s1. The molecule has 0 radical (unpaired) electrons. The van der Waals surface area contributed by atoms with Gasteiger partial charge >= 0.3 is 0 Å². The second-order valence-corrected chi connectivity index (χ2v) is 3.64. The van der Waals surface area contributed by atoms with Crippen LogP contribution in [0.1, 0.15) is 16.6 Å². The fourth-order valence-corrected chi connectivity index (χ4v) is 1.57. The predicted molar refractivity (Wildman–Crippen MR) is 51.4 cm³/mol. The van der Waals surface area contributed by atoms with Gasteiger partial charge in [-0.1, -0.05) is 0 Å². The molecule has 0 aliphatic carbocycles. The monoisotopic (exact) mass is 184 g/mol. The molecule has 0 unspecified atom stereocenters. The Morgan fingerprint density at radius 1 is 1.67 bits per heavy atom. The first-order chi connectivity index (χ1) is 5.65. The van der Waals surface area contributed by atoms with Crippen LogP contribution in [0.2, 0.25) is 0 Å². The Balaban J connectivity index is 2.78. The molecule has 1 rings (SSSR count). The number of rotatable bonds is 2. The number of hydrogen-bond acceptors (Lipinski definition) is 3. The molecule has 0 bridgehead atoms. The van der Waals surface area contributed by atoms with Crippen molar-refractivity contribution in [3.63, 3.8) is 0 Å². The lowest BCUT2D eigenvalue weighted by molar-refractivity contribution is 0.0807. The van der Waals surface area contributed by atoms with Crippen LogP contribution in [-0.4, -0.2) is 24.4 Å². The zero-order chi connectivity index (χ0) is 9.14. The zero-order valence-electron chi connectivity index (χ0n) is 7.20. The highest BCUT2D eigenvalue weighted by Crippen LogP contribution is 2.19. The lowest BCUT2D eigenvalue weighted by Crippen LogP contribution is -2.25. The van der Waals surface area contributed by atoms with Gasteiger partial charge in [0.2, 0.25) is 0 Å². The van der Waals surface area contributed by atoms with E-state index < -0.39 is 0 Å². The molecule has 1 aromatic rings. The van der Waals surface area contributed by atoms with Gasteiger partial charge in [-0.3, -0.25) is 4.79 Å². The summed E-state index contributed by atoms with van der Waals surface area (Å²) in [6, 6.07) is 3.51. The molecule has 4 heteroatoms. The lowest BCUT2D eigenvalue weighted by atomic mass is 10.4. The molecule has 0 aliphatic rings. The summed E-state index contributed by atoms with van der Waals surface area (Å²) in [5, 5.41) is 0.683. The fraction of sp³-hybridized carbons (Fsp3) is 0.375. The van der Waals surface area contributed by atoms with Crippen LogP contribution < -0.4 is 5.73 Å². The van der Waals surface area contributed by atoms with Crippen molar-refractivity contribution in [1.29, 1.82) is 0 Å². The number of nitrogens with two attached hydrogens (primary N) is 1. The molecular weight excluding hydrogens is 172 g/mol. The van der Waals surface area contributed by atoms with Gasteiger partial charge in [0.15, 0.2) is 0 Å². The second-order valence-electron chi connectivity index (χ2n) is 2.52. The summed E-state index contributed by atoms with van der Waals surface area (Å²) < 4.78 is 0. The van der Waals surface area contributed by atoms with Crippen LogP contribution in [0.25, 0.3) is 0 Å². The summed E-state index contributed by atoms with van der Waals surface area (Å²) in [5.41, 5.74) is 5.51. The van der Waals surface area contributed by atoms with E-state index in [0.29, 0.717) is 9.88 Å². The van der Waals surface area contributed by atoms with E-state index in [2.05, 4.69) is 0 Å². The van der Waals surface area contributed by atoms with Crippen molar-refractivity contribution in [3.05, 3.63) is 17.0 Å². The van der Waals surface area contributed by atoms with Crippen molar-refractivity contribution in [2.24, 2.45) is 0 Å². The minimum Gasteiger partial charge on any atom is -0.391 e. The first-order valence-electron chi connectivity index (χ1n) is 3.76. The first kappa shape index (κ1) is 9.06. The maximum atomic E-state index is 11.5. The Morgan fingerprint density at radius 3 is 2.75 bits per heavy atom. The topological polar surface area (TPSA) is 46.3 Å². The standard InChI is InChI=1S/C8H12N2OS/c1-3-10(2)8(11)6-4-5-7(9)12-6/h4-5H,3,9H2,1-2H3. The Morgan fingerprint density at radius 2 is 2.33 bits per heavy atom. The Hall–Kier alpha value is -1.03. The summed E-state index contributed by atoms with van der Waals surface area (Å²) in [6.45, 7) is 2.66. The average molecular weight is 184 g/mol. The molecule has 0 saturated carbocycles. The van der Waals surface area contributed by atoms with E-state index in [1.54, 1.807) is 24.1 Å². The predicted octanol–water partition coefficient (Wildman–Crippen LogP) is 1.42. The van der Waals surface area contributed by atoms with Crippen molar-refractivity contribution in [1.82, 2.24) is 4.90 Å². The molecule has 0 spiro atoms. The molecule has 0 aliphatic heterocycles. The summed E-state index contributed by atoms with van der Waals surface area (Å²) in [5.74, 6) is 0.0409. The van der Waals surface area contributed by atoms with Crippen molar-refractivity contribution >= 4 is 22.2 Å². The van der Waals surface area contributed by atoms with Gasteiger partial charge in [-0.2, -0.15) is 0 Å². The van der Waals surface area contributed by atoms with Gasteiger partial charge in [-0.15, -0.1) is 11.3 Å². The van der Waals surface area contributed by atoms with Gasteiger partial charge in [0.25, 0.3) is 5.91 Å². The fourth-order valence-electron chi connectivity index (χ4n) is 0.799. The molecule has 12 heavy (non-hydrogen) atoms. The number of thiophene rings is 1. The third-order valence-corrected chi connectivity index (χ3v) is 2.56. The number of carbonyl (C=O) groups excluding carboxylic acids is 1. The Labute approximate surface area is 75.8 Å². The molecule has 2 N–H and O–H groups in total. The smallest absolute Gasteiger partial charge is 0.263 e. The summed E-state index contributed by atoms with van der Waals surface area (Å²) in [6.07, 6.45) is 0. The number of anilines is 1. The van der Waals surface area contributed by atoms with E-state index in [-0.39, 0.29) is 5.91 Å². The Kier molecular flexibility index (Phi) is 2.70. The minimum atomic E-state index is 0.0409. The van der Waals surface area contributed by atoms with Crippen molar-refractivity contribution in [2.45, 2.75) is 6.92 Å². The van der Waals surface area contributed by atoms with Crippen LogP contribution in [0.4, 0.5) is 5.00 Å². The zero-order valence-corrected chi connectivity index (χ0v) is 8.02. The average Bonchev–Trinajstić information content (AvgIpc) is 2.49. The van der Waals surface area contributed by atoms with Crippen LogP contribution in [0.15, 0.2) is 12.1 Å². The van der Waals surface area contributed by atoms with Crippen LogP contribution in [0.5, 0.6) is 0 Å². The maximum Gasteiger partial charge on any atom is 0.263 e. The van der Waals surface area contributed by atoms with E-state index in [0.717, 1.165) is 6.54 Å². The third-order valence-electron chi connectivity index (χ3n) is 1.66. The number of nitrogen functional groups attached to an aromatic ring is 1.